The third-order valence-electron chi connectivity index (χ3n) is 5.33. The normalized spacial score (nSPS) is 14.9. The third kappa shape index (κ3) is 4.43. The Bertz CT molecular complexity index is 1010. The number of oxazole rings is 1. The van der Waals surface area contributed by atoms with Crippen molar-refractivity contribution in [3.8, 4) is 11.5 Å². The average molecular weight is 454 g/mol. The van der Waals surface area contributed by atoms with Crippen LogP contribution in [-0.2, 0) is 6.54 Å². The molecule has 0 spiro atoms. The molecule has 1 fully saturated rings. The Kier molecular flexibility index (Phi) is 5.83. The van der Waals surface area contributed by atoms with Gasteiger partial charge in [-0.1, -0.05) is 29.8 Å². The molecule has 0 bridgehead atoms. The molecule has 4 rings (SSSR count). The zero-order chi connectivity index (χ0) is 20.4. The summed E-state index contributed by atoms with van der Waals surface area (Å²) in [6.07, 6.45) is 0. The van der Waals surface area contributed by atoms with Crippen molar-refractivity contribution < 1.29 is 9.21 Å². The molecule has 6 heteroatoms. The lowest BCUT2D eigenvalue weighted by atomic mass is 10.1. The molecular weight excluding hydrogens is 430 g/mol. The monoisotopic (exact) mass is 453 g/mol. The van der Waals surface area contributed by atoms with Gasteiger partial charge in [-0.25, -0.2) is 4.98 Å². The standard InChI is InChI=1S/C23H24BrN3O2/c1-16-7-9-18(10-8-16)22-25-21(17(2)29-22)15-26-11-13-27(14-12-26)23(28)19-5-3-4-6-20(19)24/h3-10H,11-15H2,1-2H3. The van der Waals surface area contributed by atoms with Crippen molar-refractivity contribution in [2.45, 2.75) is 20.4 Å². The molecular formula is C23H24BrN3O2. The fourth-order valence-corrected chi connectivity index (χ4v) is 3.97. The fraction of sp³-hybridized carbons (Fsp3) is 0.304. The van der Waals surface area contributed by atoms with Gasteiger partial charge in [0, 0.05) is 42.8 Å². The number of amides is 1. The van der Waals surface area contributed by atoms with E-state index in [4.69, 9.17) is 9.40 Å². The molecule has 3 aromatic rings. The molecule has 1 saturated heterocycles. The molecule has 150 valence electrons. The van der Waals surface area contributed by atoms with Crippen LogP contribution >= 0.6 is 15.9 Å². The highest BCUT2D eigenvalue weighted by molar-refractivity contribution is 9.10. The summed E-state index contributed by atoms with van der Waals surface area (Å²) in [7, 11) is 0. The number of hydrogen-bond donors (Lipinski definition) is 0. The number of halogens is 1. The van der Waals surface area contributed by atoms with E-state index in [9.17, 15) is 4.79 Å². The molecule has 1 amide bonds. The summed E-state index contributed by atoms with van der Waals surface area (Å²) in [6.45, 7) is 7.83. The average Bonchev–Trinajstić information content (AvgIpc) is 3.09. The molecule has 1 aliphatic rings. The number of nitrogens with zero attached hydrogens (tertiary/aromatic N) is 3. The summed E-state index contributed by atoms with van der Waals surface area (Å²) in [6, 6.07) is 15.8. The highest BCUT2D eigenvalue weighted by atomic mass is 79.9. The van der Waals surface area contributed by atoms with Crippen LogP contribution in [0.15, 0.2) is 57.4 Å². The summed E-state index contributed by atoms with van der Waals surface area (Å²) in [5.41, 5.74) is 3.89. The number of hydrogen-bond acceptors (Lipinski definition) is 4. The van der Waals surface area contributed by atoms with Crippen LogP contribution in [0.5, 0.6) is 0 Å². The van der Waals surface area contributed by atoms with Gasteiger partial charge in [-0.05, 0) is 54.0 Å². The highest BCUT2D eigenvalue weighted by Crippen LogP contribution is 2.24. The van der Waals surface area contributed by atoms with Gasteiger partial charge in [0.15, 0.2) is 0 Å². The Labute approximate surface area is 179 Å². The van der Waals surface area contributed by atoms with E-state index in [1.165, 1.54) is 5.56 Å². The van der Waals surface area contributed by atoms with E-state index in [-0.39, 0.29) is 5.91 Å². The minimum Gasteiger partial charge on any atom is -0.441 e. The van der Waals surface area contributed by atoms with E-state index in [0.29, 0.717) is 19.0 Å². The van der Waals surface area contributed by atoms with Crippen molar-refractivity contribution >= 4 is 21.8 Å². The fourth-order valence-electron chi connectivity index (χ4n) is 3.52. The van der Waals surface area contributed by atoms with Gasteiger partial charge < -0.3 is 9.32 Å². The lowest BCUT2D eigenvalue weighted by Gasteiger charge is -2.34. The van der Waals surface area contributed by atoms with Crippen LogP contribution in [0.2, 0.25) is 0 Å². The zero-order valence-corrected chi connectivity index (χ0v) is 18.3. The zero-order valence-electron chi connectivity index (χ0n) is 16.7. The predicted molar refractivity (Wildman–Crippen MR) is 117 cm³/mol. The summed E-state index contributed by atoms with van der Waals surface area (Å²) in [5.74, 6) is 1.60. The van der Waals surface area contributed by atoms with E-state index >= 15 is 0 Å². The van der Waals surface area contributed by atoms with E-state index in [2.05, 4.69) is 39.9 Å². The Morgan fingerprint density at radius 2 is 1.72 bits per heavy atom. The molecule has 29 heavy (non-hydrogen) atoms. The second kappa shape index (κ2) is 8.51. The summed E-state index contributed by atoms with van der Waals surface area (Å²) >= 11 is 3.48. The van der Waals surface area contributed by atoms with Gasteiger partial charge in [-0.2, -0.15) is 0 Å². The Morgan fingerprint density at radius 3 is 2.41 bits per heavy atom. The van der Waals surface area contributed by atoms with E-state index in [0.717, 1.165) is 46.7 Å². The molecule has 0 radical (unpaired) electrons. The molecule has 0 saturated carbocycles. The molecule has 2 aromatic carbocycles. The van der Waals surface area contributed by atoms with E-state index in [1.54, 1.807) is 0 Å². The maximum absolute atomic E-state index is 12.8. The largest absolute Gasteiger partial charge is 0.441 e. The topological polar surface area (TPSA) is 49.6 Å². The van der Waals surface area contributed by atoms with Crippen LogP contribution in [-0.4, -0.2) is 46.9 Å². The molecule has 2 heterocycles. The Hall–Kier alpha value is -2.44. The van der Waals surface area contributed by atoms with Crippen LogP contribution in [0.4, 0.5) is 0 Å². The molecule has 0 N–H and O–H groups in total. The van der Waals surface area contributed by atoms with Crippen LogP contribution in [0, 0.1) is 13.8 Å². The van der Waals surface area contributed by atoms with Crippen LogP contribution < -0.4 is 0 Å². The molecule has 0 unspecified atom stereocenters. The van der Waals surface area contributed by atoms with Gasteiger partial charge >= 0.3 is 0 Å². The maximum atomic E-state index is 12.8. The van der Waals surface area contributed by atoms with Crippen molar-refractivity contribution in [1.29, 1.82) is 0 Å². The number of carbonyl (C=O) groups excluding carboxylic acids is 1. The van der Waals surface area contributed by atoms with Gasteiger partial charge in [0.25, 0.3) is 5.91 Å². The van der Waals surface area contributed by atoms with Crippen LogP contribution in [0.3, 0.4) is 0 Å². The minimum atomic E-state index is 0.0800. The summed E-state index contributed by atoms with van der Waals surface area (Å²) in [4.78, 5) is 21.7. The van der Waals surface area contributed by atoms with Gasteiger partial charge in [0.1, 0.15) is 5.76 Å². The maximum Gasteiger partial charge on any atom is 0.255 e. The predicted octanol–water partition coefficient (Wildman–Crippen LogP) is 4.68. The number of carbonyl (C=O) groups is 1. The van der Waals surface area contributed by atoms with Crippen molar-refractivity contribution in [1.82, 2.24) is 14.8 Å². The summed E-state index contributed by atoms with van der Waals surface area (Å²) in [5, 5.41) is 0. The smallest absolute Gasteiger partial charge is 0.255 e. The quantitative estimate of drug-likeness (QED) is 0.575. The first-order chi connectivity index (χ1) is 14.0. The number of benzene rings is 2. The third-order valence-corrected chi connectivity index (χ3v) is 6.02. The molecule has 0 aliphatic carbocycles. The van der Waals surface area contributed by atoms with E-state index in [1.807, 2.05) is 48.2 Å². The van der Waals surface area contributed by atoms with E-state index < -0.39 is 0 Å². The SMILES string of the molecule is Cc1ccc(-c2nc(CN3CCN(C(=O)c4ccccc4Br)CC3)c(C)o2)cc1. The number of aryl methyl sites for hydroxylation is 2. The highest BCUT2D eigenvalue weighted by Gasteiger charge is 2.24. The number of aromatic nitrogens is 1. The lowest BCUT2D eigenvalue weighted by Crippen LogP contribution is -2.48. The van der Waals surface area contributed by atoms with Gasteiger partial charge in [-0.15, -0.1) is 0 Å². The molecule has 0 atom stereocenters. The van der Waals surface area contributed by atoms with Gasteiger partial charge in [0.05, 0.1) is 11.3 Å². The van der Waals surface area contributed by atoms with Crippen molar-refractivity contribution in [3.63, 3.8) is 0 Å². The first kappa shape index (κ1) is 19.9. The van der Waals surface area contributed by atoms with Crippen molar-refractivity contribution in [2.24, 2.45) is 0 Å². The summed E-state index contributed by atoms with van der Waals surface area (Å²) < 4.78 is 6.75. The van der Waals surface area contributed by atoms with Gasteiger partial charge in [-0.3, -0.25) is 9.69 Å². The molecule has 5 nitrogen and oxygen atoms in total. The Morgan fingerprint density at radius 1 is 1.03 bits per heavy atom. The molecule has 1 aromatic heterocycles. The van der Waals surface area contributed by atoms with Crippen molar-refractivity contribution in [2.75, 3.05) is 26.2 Å². The second-order valence-corrected chi connectivity index (χ2v) is 8.29. The van der Waals surface area contributed by atoms with Crippen LogP contribution in [0.1, 0.15) is 27.4 Å². The lowest BCUT2D eigenvalue weighted by molar-refractivity contribution is 0.0625. The number of rotatable bonds is 4. The number of piperazine rings is 1. The first-order valence-electron chi connectivity index (χ1n) is 9.81. The minimum absolute atomic E-state index is 0.0800. The molecule has 1 aliphatic heterocycles. The van der Waals surface area contributed by atoms with Crippen LogP contribution in [0.25, 0.3) is 11.5 Å². The Balaban J connectivity index is 1.38. The first-order valence-corrected chi connectivity index (χ1v) is 10.6. The van der Waals surface area contributed by atoms with Gasteiger partial charge in [0.2, 0.25) is 5.89 Å². The van der Waals surface area contributed by atoms with Crippen molar-refractivity contribution in [3.05, 3.63) is 75.6 Å². The second-order valence-electron chi connectivity index (χ2n) is 7.44.